The summed E-state index contributed by atoms with van der Waals surface area (Å²) in [5.41, 5.74) is -0.299. The number of hydrogen-bond acceptors (Lipinski definition) is 7. The predicted octanol–water partition coefficient (Wildman–Crippen LogP) is 0.612. The molecule has 0 radical (unpaired) electrons. The van der Waals surface area contributed by atoms with Gasteiger partial charge >= 0.3 is 11.9 Å². The number of carbonyl (C=O) groups excluding carboxylic acids is 3. The van der Waals surface area contributed by atoms with Gasteiger partial charge < -0.3 is 14.4 Å². The van der Waals surface area contributed by atoms with Gasteiger partial charge in [-0.25, -0.2) is 9.48 Å². The van der Waals surface area contributed by atoms with Gasteiger partial charge in [-0.15, -0.1) is 0 Å². The van der Waals surface area contributed by atoms with E-state index in [1.54, 1.807) is 4.90 Å². The first-order valence-corrected chi connectivity index (χ1v) is 9.07. The van der Waals surface area contributed by atoms with Gasteiger partial charge in [-0.3, -0.25) is 14.4 Å². The van der Waals surface area contributed by atoms with Crippen LogP contribution in [0.15, 0.2) is 16.9 Å². The lowest BCUT2D eigenvalue weighted by molar-refractivity contribution is -0.149. The van der Waals surface area contributed by atoms with Gasteiger partial charge in [0.15, 0.2) is 12.3 Å². The highest BCUT2D eigenvalue weighted by Crippen LogP contribution is 2.18. The molecule has 1 fully saturated rings. The maximum Gasteiger partial charge on any atom is 0.359 e. The quantitative estimate of drug-likeness (QED) is 0.639. The number of ether oxygens (including phenoxy) is 2. The van der Waals surface area contributed by atoms with Crippen molar-refractivity contribution in [3.63, 3.8) is 0 Å². The lowest BCUT2D eigenvalue weighted by Crippen LogP contribution is -2.42. The van der Waals surface area contributed by atoms with Crippen LogP contribution < -0.4 is 5.56 Å². The largest absolute Gasteiger partial charge is 0.469 e. The Morgan fingerprint density at radius 1 is 1.22 bits per heavy atom. The summed E-state index contributed by atoms with van der Waals surface area (Å²) in [7, 11) is 1.35. The first-order valence-electron chi connectivity index (χ1n) is 9.07. The van der Waals surface area contributed by atoms with E-state index in [-0.39, 0.29) is 29.0 Å². The second kappa shape index (κ2) is 9.84. The highest BCUT2D eigenvalue weighted by atomic mass is 16.5. The van der Waals surface area contributed by atoms with E-state index in [1.165, 1.54) is 23.9 Å². The van der Waals surface area contributed by atoms with Crippen LogP contribution in [0.3, 0.4) is 0 Å². The first-order chi connectivity index (χ1) is 13.0. The van der Waals surface area contributed by atoms with Crippen molar-refractivity contribution >= 4 is 17.8 Å². The molecule has 1 saturated heterocycles. The Balaban J connectivity index is 1.86. The van der Waals surface area contributed by atoms with E-state index in [1.807, 2.05) is 6.92 Å². The molecule has 1 aliphatic rings. The molecule has 1 aromatic heterocycles. The Morgan fingerprint density at radius 2 is 1.93 bits per heavy atom. The van der Waals surface area contributed by atoms with E-state index in [9.17, 15) is 19.2 Å². The first kappa shape index (κ1) is 20.6. The van der Waals surface area contributed by atoms with Crippen LogP contribution >= 0.6 is 0 Å². The summed E-state index contributed by atoms with van der Waals surface area (Å²) in [6, 6.07) is 2.55. The Bertz CT molecular complexity index is 737. The van der Waals surface area contributed by atoms with Crippen LogP contribution in [0.5, 0.6) is 0 Å². The standard InChI is InChI=1S/C18H25N3O6/c1-3-4-9-21-15(22)6-5-14(19-21)18(25)27-12-16(23)20-10-7-13(8-11-20)17(24)26-2/h5-6,13H,3-4,7-12H2,1-2H3. The van der Waals surface area contributed by atoms with Gasteiger partial charge in [-0.1, -0.05) is 13.3 Å². The van der Waals surface area contributed by atoms with Crippen LogP contribution in [0.2, 0.25) is 0 Å². The monoisotopic (exact) mass is 379 g/mol. The average molecular weight is 379 g/mol. The zero-order valence-corrected chi connectivity index (χ0v) is 15.7. The molecule has 9 heteroatoms. The summed E-state index contributed by atoms with van der Waals surface area (Å²) in [6.45, 7) is 2.83. The fraction of sp³-hybridized carbons (Fsp3) is 0.611. The lowest BCUT2D eigenvalue weighted by Gasteiger charge is -2.30. The molecule has 0 saturated carbocycles. The number of hydrogen-bond donors (Lipinski definition) is 0. The molecule has 0 unspecified atom stereocenters. The molecule has 0 N–H and O–H groups in total. The van der Waals surface area contributed by atoms with Gasteiger partial charge in [0.1, 0.15) is 0 Å². The number of carbonyl (C=O) groups is 3. The molecule has 9 nitrogen and oxygen atoms in total. The van der Waals surface area contributed by atoms with Crippen molar-refractivity contribution in [3.05, 3.63) is 28.2 Å². The SMILES string of the molecule is CCCCn1nc(C(=O)OCC(=O)N2CCC(C(=O)OC)CC2)ccc1=O. The Labute approximate surface area is 157 Å². The molecule has 1 aliphatic heterocycles. The third kappa shape index (κ3) is 5.63. The molecule has 0 aliphatic carbocycles. The topological polar surface area (TPSA) is 108 Å². The highest BCUT2D eigenvalue weighted by Gasteiger charge is 2.28. The summed E-state index contributed by atoms with van der Waals surface area (Å²) in [5, 5.41) is 3.99. The van der Waals surface area contributed by atoms with Crippen LogP contribution in [0, 0.1) is 5.92 Å². The van der Waals surface area contributed by atoms with E-state index >= 15 is 0 Å². The predicted molar refractivity (Wildman–Crippen MR) is 95.0 cm³/mol. The Morgan fingerprint density at radius 3 is 2.56 bits per heavy atom. The van der Waals surface area contributed by atoms with Crippen LogP contribution in [0.4, 0.5) is 0 Å². The van der Waals surface area contributed by atoms with E-state index in [2.05, 4.69) is 5.10 Å². The number of rotatable bonds is 7. The molecule has 148 valence electrons. The van der Waals surface area contributed by atoms with Crippen LogP contribution in [0.25, 0.3) is 0 Å². The second-order valence-electron chi connectivity index (χ2n) is 6.39. The zero-order chi connectivity index (χ0) is 19.8. The van der Waals surface area contributed by atoms with Crippen molar-refractivity contribution in [2.45, 2.75) is 39.2 Å². The third-order valence-corrected chi connectivity index (χ3v) is 4.51. The fourth-order valence-electron chi connectivity index (χ4n) is 2.85. The number of nitrogens with zero attached hydrogens (tertiary/aromatic N) is 3. The minimum absolute atomic E-state index is 0.0112. The van der Waals surface area contributed by atoms with E-state index < -0.39 is 12.6 Å². The molecule has 2 heterocycles. The van der Waals surface area contributed by atoms with Gasteiger partial charge in [0.05, 0.1) is 13.0 Å². The maximum absolute atomic E-state index is 12.2. The number of unbranched alkanes of at least 4 members (excludes halogenated alkanes) is 1. The van der Waals surface area contributed by atoms with Gasteiger partial charge in [0.2, 0.25) is 0 Å². The smallest absolute Gasteiger partial charge is 0.359 e. The highest BCUT2D eigenvalue weighted by molar-refractivity contribution is 5.89. The number of aromatic nitrogens is 2. The molecule has 0 aromatic carbocycles. The summed E-state index contributed by atoms with van der Waals surface area (Å²) < 4.78 is 11.0. The molecule has 2 rings (SSSR count). The molecule has 1 aromatic rings. The molecule has 1 amide bonds. The molecule has 0 bridgehead atoms. The summed E-state index contributed by atoms with van der Waals surface area (Å²) in [6.07, 6.45) is 2.71. The molecular formula is C18H25N3O6. The molecule has 0 spiro atoms. The third-order valence-electron chi connectivity index (χ3n) is 4.51. The van der Waals surface area contributed by atoms with E-state index in [0.29, 0.717) is 32.5 Å². The minimum atomic E-state index is -0.752. The second-order valence-corrected chi connectivity index (χ2v) is 6.39. The van der Waals surface area contributed by atoms with Crippen LogP contribution in [-0.2, 0) is 25.6 Å². The lowest BCUT2D eigenvalue weighted by atomic mass is 9.97. The van der Waals surface area contributed by atoms with Gasteiger partial charge in [0.25, 0.3) is 11.5 Å². The minimum Gasteiger partial charge on any atom is -0.469 e. The zero-order valence-electron chi connectivity index (χ0n) is 15.7. The number of likely N-dealkylation sites (tertiary alicyclic amines) is 1. The average Bonchev–Trinajstić information content (AvgIpc) is 2.70. The van der Waals surface area contributed by atoms with Crippen molar-refractivity contribution in [1.82, 2.24) is 14.7 Å². The Hall–Kier alpha value is -2.71. The number of amides is 1. The fourth-order valence-corrected chi connectivity index (χ4v) is 2.85. The summed E-state index contributed by atoms with van der Waals surface area (Å²) >= 11 is 0. The van der Waals surface area contributed by atoms with Crippen molar-refractivity contribution in [2.24, 2.45) is 5.92 Å². The molecule has 27 heavy (non-hydrogen) atoms. The van der Waals surface area contributed by atoms with E-state index in [4.69, 9.17) is 9.47 Å². The van der Waals surface area contributed by atoms with Crippen molar-refractivity contribution in [3.8, 4) is 0 Å². The van der Waals surface area contributed by atoms with Crippen LogP contribution in [-0.4, -0.2) is 59.3 Å². The summed E-state index contributed by atoms with van der Waals surface area (Å²) in [4.78, 5) is 49.1. The molecule has 0 atom stereocenters. The van der Waals surface area contributed by atoms with Crippen LogP contribution in [0.1, 0.15) is 43.1 Å². The van der Waals surface area contributed by atoms with Gasteiger partial charge in [-0.2, -0.15) is 5.10 Å². The van der Waals surface area contributed by atoms with Crippen molar-refractivity contribution < 1.29 is 23.9 Å². The summed E-state index contributed by atoms with van der Waals surface area (Å²) in [5.74, 6) is -1.54. The number of piperidine rings is 1. The number of methoxy groups -OCH3 is 1. The molecular weight excluding hydrogens is 354 g/mol. The van der Waals surface area contributed by atoms with Gasteiger partial charge in [0, 0.05) is 25.7 Å². The van der Waals surface area contributed by atoms with E-state index in [0.717, 1.165) is 12.8 Å². The maximum atomic E-state index is 12.2. The van der Waals surface area contributed by atoms with Crippen molar-refractivity contribution in [2.75, 3.05) is 26.8 Å². The van der Waals surface area contributed by atoms with Crippen molar-refractivity contribution in [1.29, 1.82) is 0 Å². The Kier molecular flexibility index (Phi) is 7.51. The van der Waals surface area contributed by atoms with Gasteiger partial charge in [-0.05, 0) is 25.3 Å². The normalized spacial score (nSPS) is 14.7. The number of aryl methyl sites for hydroxylation is 1. The number of esters is 2.